The van der Waals surface area contributed by atoms with E-state index in [1.807, 2.05) is 20.8 Å². The van der Waals surface area contributed by atoms with Gasteiger partial charge in [-0.25, -0.2) is 13.6 Å². The van der Waals surface area contributed by atoms with Crippen LogP contribution in [0.2, 0.25) is 0 Å². The number of methoxy groups -OCH3 is 1. The number of nitrogens with one attached hydrogen (secondary N) is 1. The Balaban J connectivity index is 2.34. The van der Waals surface area contributed by atoms with Gasteiger partial charge in [0.1, 0.15) is 10.8 Å². The second kappa shape index (κ2) is 6.46. The number of benzene rings is 1. The van der Waals surface area contributed by atoms with Crippen molar-refractivity contribution in [2.75, 3.05) is 12.4 Å². The summed E-state index contributed by atoms with van der Waals surface area (Å²) in [6, 6.07) is 3.80. The summed E-state index contributed by atoms with van der Waals surface area (Å²) >= 11 is 1.25. The summed E-state index contributed by atoms with van der Waals surface area (Å²) in [7, 11) is -2.55. The molecule has 0 aliphatic rings. The number of ether oxygens (including phenoxy) is 1. The van der Waals surface area contributed by atoms with Crippen LogP contribution in [0.15, 0.2) is 23.1 Å². The summed E-state index contributed by atoms with van der Waals surface area (Å²) in [5.41, 5.74) is -0.150. The van der Waals surface area contributed by atoms with E-state index in [1.54, 1.807) is 0 Å². The predicted octanol–water partition coefficient (Wildman–Crippen LogP) is 1.74. The van der Waals surface area contributed by atoms with Crippen LogP contribution >= 0.6 is 11.3 Å². The molecule has 1 aromatic heterocycles. The molecule has 2 aromatic rings. The average Bonchev–Trinajstić information content (AvgIpc) is 2.94. The molecule has 0 fully saturated rings. The summed E-state index contributed by atoms with van der Waals surface area (Å²) < 4.78 is 28.0. The number of carbonyl (C=O) groups excluding carboxylic acids is 1. The van der Waals surface area contributed by atoms with Gasteiger partial charge in [0.25, 0.3) is 5.91 Å². The van der Waals surface area contributed by atoms with E-state index in [2.05, 4.69) is 15.5 Å². The highest BCUT2D eigenvalue weighted by Crippen LogP contribution is 2.29. The van der Waals surface area contributed by atoms with Crippen molar-refractivity contribution in [2.45, 2.75) is 31.1 Å². The Morgan fingerprint density at radius 3 is 2.46 bits per heavy atom. The van der Waals surface area contributed by atoms with Gasteiger partial charge in [0.15, 0.2) is 0 Å². The normalized spacial score (nSPS) is 12.0. The van der Waals surface area contributed by atoms with Crippen molar-refractivity contribution < 1.29 is 17.9 Å². The Kier molecular flexibility index (Phi) is 4.92. The number of hydrogen-bond acceptors (Lipinski definition) is 7. The van der Waals surface area contributed by atoms with E-state index in [-0.39, 0.29) is 21.6 Å². The lowest BCUT2D eigenvalue weighted by molar-refractivity contribution is 0.102. The van der Waals surface area contributed by atoms with Gasteiger partial charge in [0.2, 0.25) is 15.2 Å². The van der Waals surface area contributed by atoms with Crippen LogP contribution in [0.5, 0.6) is 5.75 Å². The van der Waals surface area contributed by atoms with Gasteiger partial charge in [0.05, 0.1) is 17.6 Å². The number of nitrogens with two attached hydrogens (primary N) is 1. The molecular formula is C14H18N4O4S2. The van der Waals surface area contributed by atoms with Crippen molar-refractivity contribution in [3.8, 4) is 5.75 Å². The molecule has 0 unspecified atom stereocenters. The highest BCUT2D eigenvalue weighted by molar-refractivity contribution is 7.89. The first kappa shape index (κ1) is 18.3. The Hall–Kier alpha value is -2.04. The van der Waals surface area contributed by atoms with Gasteiger partial charge in [-0.3, -0.25) is 10.1 Å². The van der Waals surface area contributed by atoms with Crippen LogP contribution in [0.4, 0.5) is 5.13 Å². The summed E-state index contributed by atoms with van der Waals surface area (Å²) in [5, 5.41) is 16.7. The molecule has 0 saturated carbocycles. The van der Waals surface area contributed by atoms with E-state index in [4.69, 9.17) is 9.88 Å². The fraction of sp³-hybridized carbons (Fsp3) is 0.357. The minimum absolute atomic E-state index is 0.0385. The first-order valence-electron chi connectivity index (χ1n) is 6.88. The van der Waals surface area contributed by atoms with Crippen LogP contribution in [-0.2, 0) is 15.4 Å². The predicted molar refractivity (Wildman–Crippen MR) is 90.9 cm³/mol. The molecule has 1 amide bonds. The van der Waals surface area contributed by atoms with Gasteiger partial charge in [-0.15, -0.1) is 10.2 Å². The van der Waals surface area contributed by atoms with E-state index >= 15 is 0 Å². The third kappa shape index (κ3) is 4.08. The zero-order valence-electron chi connectivity index (χ0n) is 13.7. The Bertz CT molecular complexity index is 869. The fourth-order valence-corrected chi connectivity index (χ4v) is 3.12. The molecule has 130 valence electrons. The standard InChI is InChI=1S/C14H18N4O4S2/c1-14(2,3)12-17-18-13(23-12)16-11(19)9-7-8(24(15,20)21)5-6-10(9)22-4/h5-7H,1-4H3,(H2,15,20,21)(H,16,18,19). The second-order valence-corrected chi connectivity index (χ2v) is 8.56. The number of rotatable bonds is 4. The van der Waals surface area contributed by atoms with Gasteiger partial charge in [-0.05, 0) is 18.2 Å². The van der Waals surface area contributed by atoms with Crippen molar-refractivity contribution in [3.63, 3.8) is 0 Å². The highest BCUT2D eigenvalue weighted by Gasteiger charge is 2.22. The maximum Gasteiger partial charge on any atom is 0.261 e. The Morgan fingerprint density at radius 1 is 1.29 bits per heavy atom. The monoisotopic (exact) mass is 370 g/mol. The number of nitrogens with zero attached hydrogens (tertiary/aromatic N) is 2. The van der Waals surface area contributed by atoms with Crippen LogP contribution in [-0.4, -0.2) is 31.6 Å². The van der Waals surface area contributed by atoms with Crippen molar-refractivity contribution >= 4 is 32.4 Å². The van der Waals surface area contributed by atoms with Crippen molar-refractivity contribution in [1.82, 2.24) is 10.2 Å². The van der Waals surface area contributed by atoms with E-state index in [9.17, 15) is 13.2 Å². The van der Waals surface area contributed by atoms with Crippen molar-refractivity contribution in [3.05, 3.63) is 28.8 Å². The average molecular weight is 370 g/mol. The second-order valence-electron chi connectivity index (χ2n) is 6.02. The molecule has 1 heterocycles. The Morgan fingerprint density at radius 2 is 1.96 bits per heavy atom. The summed E-state index contributed by atoms with van der Waals surface area (Å²) in [4.78, 5) is 12.3. The molecule has 0 saturated heterocycles. The lowest BCUT2D eigenvalue weighted by Crippen LogP contribution is -2.16. The third-order valence-electron chi connectivity index (χ3n) is 3.03. The quantitative estimate of drug-likeness (QED) is 0.845. The molecule has 0 radical (unpaired) electrons. The maximum atomic E-state index is 12.4. The van der Waals surface area contributed by atoms with Crippen LogP contribution in [0, 0.1) is 0 Å². The minimum atomic E-state index is -3.93. The number of primary sulfonamides is 1. The zero-order valence-corrected chi connectivity index (χ0v) is 15.3. The molecule has 0 atom stereocenters. The van der Waals surface area contributed by atoms with Gasteiger partial charge in [-0.2, -0.15) is 0 Å². The summed E-state index contributed by atoms with van der Waals surface area (Å²) in [6.45, 7) is 5.95. The van der Waals surface area contributed by atoms with E-state index in [0.29, 0.717) is 5.13 Å². The number of sulfonamides is 1. The largest absolute Gasteiger partial charge is 0.496 e. The number of carbonyl (C=O) groups is 1. The van der Waals surface area contributed by atoms with Gasteiger partial charge >= 0.3 is 0 Å². The molecule has 1 aromatic carbocycles. The first-order chi connectivity index (χ1) is 11.0. The summed E-state index contributed by atoms with van der Waals surface area (Å²) in [5.74, 6) is -0.339. The molecule has 3 N–H and O–H groups in total. The molecular weight excluding hydrogens is 352 g/mol. The topological polar surface area (TPSA) is 124 Å². The number of aromatic nitrogens is 2. The van der Waals surface area contributed by atoms with Crippen LogP contribution < -0.4 is 15.2 Å². The maximum absolute atomic E-state index is 12.4. The molecule has 8 nitrogen and oxygen atoms in total. The molecule has 0 spiro atoms. The molecule has 24 heavy (non-hydrogen) atoms. The van der Waals surface area contributed by atoms with E-state index in [1.165, 1.54) is 30.6 Å². The number of hydrogen-bond donors (Lipinski definition) is 2. The molecule has 0 aliphatic heterocycles. The molecule has 0 aliphatic carbocycles. The first-order valence-corrected chi connectivity index (χ1v) is 9.25. The smallest absolute Gasteiger partial charge is 0.261 e. The molecule has 10 heteroatoms. The van der Waals surface area contributed by atoms with Gasteiger partial charge in [0, 0.05) is 5.41 Å². The van der Waals surface area contributed by atoms with Crippen LogP contribution in [0.3, 0.4) is 0 Å². The molecule has 0 bridgehead atoms. The molecule has 2 rings (SSSR count). The van der Waals surface area contributed by atoms with Crippen LogP contribution in [0.25, 0.3) is 0 Å². The van der Waals surface area contributed by atoms with E-state index in [0.717, 1.165) is 11.1 Å². The van der Waals surface area contributed by atoms with Gasteiger partial charge < -0.3 is 4.74 Å². The third-order valence-corrected chi connectivity index (χ3v) is 5.21. The number of anilines is 1. The summed E-state index contributed by atoms with van der Waals surface area (Å²) in [6.07, 6.45) is 0. The zero-order chi connectivity index (χ0) is 18.1. The van der Waals surface area contributed by atoms with Gasteiger partial charge in [-0.1, -0.05) is 32.1 Å². The number of amides is 1. The highest BCUT2D eigenvalue weighted by atomic mass is 32.2. The lowest BCUT2D eigenvalue weighted by atomic mass is 9.98. The van der Waals surface area contributed by atoms with Crippen LogP contribution in [0.1, 0.15) is 36.1 Å². The lowest BCUT2D eigenvalue weighted by Gasteiger charge is -2.12. The fourth-order valence-electron chi connectivity index (χ4n) is 1.78. The Labute approximate surface area is 144 Å². The minimum Gasteiger partial charge on any atom is -0.496 e. The van der Waals surface area contributed by atoms with E-state index < -0.39 is 15.9 Å². The van der Waals surface area contributed by atoms with Crippen molar-refractivity contribution in [2.24, 2.45) is 5.14 Å². The van der Waals surface area contributed by atoms with Crippen molar-refractivity contribution in [1.29, 1.82) is 0 Å². The SMILES string of the molecule is COc1ccc(S(N)(=O)=O)cc1C(=O)Nc1nnc(C(C)(C)C)s1.